The van der Waals surface area contributed by atoms with Crippen molar-refractivity contribution < 1.29 is 18.0 Å². The normalized spacial score (nSPS) is 11.1. The number of hydrogen-bond acceptors (Lipinski definition) is 5. The Balaban J connectivity index is 1.71. The van der Waals surface area contributed by atoms with E-state index in [9.17, 15) is 18.0 Å². The van der Waals surface area contributed by atoms with E-state index in [0.717, 1.165) is 11.1 Å². The molecule has 0 aliphatic heterocycles. The molecule has 3 rings (SSSR count). The average Bonchev–Trinajstić information content (AvgIpc) is 3.21. The Labute approximate surface area is 177 Å². The lowest BCUT2D eigenvalue weighted by Gasteiger charge is -2.10. The number of amides is 2. The Morgan fingerprint density at radius 2 is 1.72 bits per heavy atom. The van der Waals surface area contributed by atoms with Crippen LogP contribution in [0.5, 0.6) is 0 Å². The molecule has 150 valence electrons. The van der Waals surface area contributed by atoms with Gasteiger partial charge in [0, 0.05) is 17.5 Å². The first-order chi connectivity index (χ1) is 13.8. The Morgan fingerprint density at radius 1 is 1.00 bits per heavy atom. The van der Waals surface area contributed by atoms with E-state index in [-0.39, 0.29) is 21.0 Å². The van der Waals surface area contributed by atoms with Gasteiger partial charge in [0.2, 0.25) is 0 Å². The zero-order valence-electron chi connectivity index (χ0n) is 15.3. The fourth-order valence-corrected chi connectivity index (χ4v) is 4.64. The first kappa shape index (κ1) is 21.0. The SMILES string of the molecule is Cc1ccc(CNC(=O)c2ccc(S(=O)(=O)NC(=O)c3ccsc3)c(Cl)c2)cc1. The van der Waals surface area contributed by atoms with Gasteiger partial charge in [-0.15, -0.1) is 0 Å². The van der Waals surface area contributed by atoms with Crippen molar-refractivity contribution in [3.63, 3.8) is 0 Å². The molecule has 1 aromatic heterocycles. The van der Waals surface area contributed by atoms with E-state index in [0.29, 0.717) is 6.54 Å². The molecule has 2 amide bonds. The summed E-state index contributed by atoms with van der Waals surface area (Å²) in [5.41, 5.74) is 2.51. The first-order valence-corrected chi connectivity index (χ1v) is 11.3. The number of thiophene rings is 1. The van der Waals surface area contributed by atoms with Crippen molar-refractivity contribution in [2.24, 2.45) is 0 Å². The minimum atomic E-state index is -4.18. The van der Waals surface area contributed by atoms with Crippen molar-refractivity contribution in [1.82, 2.24) is 10.0 Å². The van der Waals surface area contributed by atoms with Crippen molar-refractivity contribution in [2.75, 3.05) is 0 Å². The summed E-state index contributed by atoms with van der Waals surface area (Å²) in [5, 5.41) is 5.80. The number of benzene rings is 2. The van der Waals surface area contributed by atoms with E-state index >= 15 is 0 Å². The predicted molar refractivity (Wildman–Crippen MR) is 113 cm³/mol. The van der Waals surface area contributed by atoms with Gasteiger partial charge in [0.15, 0.2) is 0 Å². The fraction of sp³-hybridized carbons (Fsp3) is 0.100. The van der Waals surface area contributed by atoms with Crippen LogP contribution in [0.15, 0.2) is 64.2 Å². The molecule has 0 saturated heterocycles. The van der Waals surface area contributed by atoms with Crippen LogP contribution in [0.25, 0.3) is 0 Å². The molecule has 9 heteroatoms. The Hall–Kier alpha value is -2.68. The van der Waals surface area contributed by atoms with Gasteiger partial charge < -0.3 is 5.32 Å². The van der Waals surface area contributed by atoms with Crippen LogP contribution in [0.1, 0.15) is 31.8 Å². The summed E-state index contributed by atoms with van der Waals surface area (Å²) in [5.74, 6) is -1.14. The molecule has 29 heavy (non-hydrogen) atoms. The van der Waals surface area contributed by atoms with E-state index in [1.165, 1.54) is 41.0 Å². The minimum absolute atomic E-state index is 0.154. The third-order valence-electron chi connectivity index (χ3n) is 4.07. The standard InChI is InChI=1S/C20H17ClN2O4S2/c1-13-2-4-14(5-3-13)11-22-19(24)15-6-7-18(17(21)10-15)29(26,27)23-20(25)16-8-9-28-12-16/h2-10,12H,11H2,1H3,(H,22,24)(H,23,25). The van der Waals surface area contributed by atoms with Crippen molar-refractivity contribution in [1.29, 1.82) is 0 Å². The van der Waals surface area contributed by atoms with Crippen molar-refractivity contribution in [3.8, 4) is 0 Å². The number of aryl methyl sites for hydroxylation is 1. The summed E-state index contributed by atoms with van der Waals surface area (Å²) in [4.78, 5) is 24.1. The van der Waals surface area contributed by atoms with Gasteiger partial charge in [0.25, 0.3) is 21.8 Å². The van der Waals surface area contributed by atoms with Crippen LogP contribution in [0.2, 0.25) is 5.02 Å². The lowest BCUT2D eigenvalue weighted by molar-refractivity contribution is 0.0948. The van der Waals surface area contributed by atoms with E-state index in [1.807, 2.05) is 35.9 Å². The molecular formula is C20H17ClN2O4S2. The molecule has 0 atom stereocenters. The zero-order chi connectivity index (χ0) is 21.0. The van der Waals surface area contributed by atoms with Crippen molar-refractivity contribution in [2.45, 2.75) is 18.4 Å². The lowest BCUT2D eigenvalue weighted by Crippen LogP contribution is -2.30. The van der Waals surface area contributed by atoms with Gasteiger partial charge >= 0.3 is 0 Å². The molecule has 3 aromatic rings. The van der Waals surface area contributed by atoms with E-state index in [4.69, 9.17) is 11.6 Å². The van der Waals surface area contributed by atoms with Crippen LogP contribution < -0.4 is 10.0 Å². The van der Waals surface area contributed by atoms with E-state index in [2.05, 4.69) is 5.32 Å². The second kappa shape index (κ2) is 8.77. The number of carbonyl (C=O) groups excluding carboxylic acids is 2. The summed E-state index contributed by atoms with van der Waals surface area (Å²) in [6.07, 6.45) is 0. The van der Waals surface area contributed by atoms with Crippen molar-refractivity contribution >= 4 is 44.8 Å². The Bertz CT molecular complexity index is 1140. The van der Waals surface area contributed by atoms with Gasteiger partial charge in [-0.25, -0.2) is 13.1 Å². The third-order valence-corrected chi connectivity index (χ3v) is 6.56. The average molecular weight is 449 g/mol. The number of halogens is 1. The van der Waals surface area contributed by atoms with Gasteiger partial charge in [-0.2, -0.15) is 11.3 Å². The highest BCUT2D eigenvalue weighted by Crippen LogP contribution is 2.23. The number of nitrogens with one attached hydrogen (secondary N) is 2. The molecule has 0 saturated carbocycles. The molecule has 0 spiro atoms. The summed E-state index contributed by atoms with van der Waals surface area (Å²) in [6.45, 7) is 2.30. The van der Waals surface area contributed by atoms with Gasteiger partial charge in [0.05, 0.1) is 10.6 Å². The first-order valence-electron chi connectivity index (χ1n) is 8.49. The molecular weight excluding hydrogens is 432 g/mol. The second-order valence-corrected chi connectivity index (χ2v) is 9.10. The van der Waals surface area contributed by atoms with Gasteiger partial charge in [-0.05, 0) is 42.1 Å². The second-order valence-electron chi connectivity index (χ2n) is 6.26. The topological polar surface area (TPSA) is 92.3 Å². The molecule has 1 heterocycles. The molecule has 2 aromatic carbocycles. The largest absolute Gasteiger partial charge is 0.348 e. The van der Waals surface area contributed by atoms with Gasteiger partial charge in [-0.1, -0.05) is 41.4 Å². The molecule has 0 unspecified atom stereocenters. The van der Waals surface area contributed by atoms with E-state index in [1.54, 1.807) is 5.38 Å². The smallest absolute Gasteiger partial charge is 0.265 e. The van der Waals surface area contributed by atoms with Crippen LogP contribution in [-0.2, 0) is 16.6 Å². The molecule has 6 nitrogen and oxygen atoms in total. The van der Waals surface area contributed by atoms with E-state index < -0.39 is 21.8 Å². The molecule has 0 aliphatic rings. The maximum Gasteiger partial charge on any atom is 0.265 e. The third kappa shape index (κ3) is 5.23. The lowest BCUT2D eigenvalue weighted by atomic mass is 10.1. The summed E-state index contributed by atoms with van der Waals surface area (Å²) in [7, 11) is -4.18. The Kier molecular flexibility index (Phi) is 6.36. The summed E-state index contributed by atoms with van der Waals surface area (Å²) >= 11 is 7.37. The minimum Gasteiger partial charge on any atom is -0.348 e. The highest BCUT2D eigenvalue weighted by Gasteiger charge is 2.22. The highest BCUT2D eigenvalue weighted by molar-refractivity contribution is 7.90. The van der Waals surface area contributed by atoms with Crippen LogP contribution in [0.3, 0.4) is 0 Å². The Morgan fingerprint density at radius 3 is 2.34 bits per heavy atom. The quantitative estimate of drug-likeness (QED) is 0.600. The predicted octanol–water partition coefficient (Wildman–Crippen LogP) is 3.76. The van der Waals surface area contributed by atoms with Gasteiger partial charge in [-0.3, -0.25) is 9.59 Å². The number of carbonyl (C=O) groups is 2. The monoisotopic (exact) mass is 448 g/mol. The number of sulfonamides is 1. The molecule has 0 bridgehead atoms. The van der Waals surface area contributed by atoms with Crippen LogP contribution in [0, 0.1) is 6.92 Å². The van der Waals surface area contributed by atoms with Crippen LogP contribution >= 0.6 is 22.9 Å². The summed E-state index contributed by atoms with van der Waals surface area (Å²) < 4.78 is 26.9. The maximum atomic E-state index is 12.5. The zero-order valence-corrected chi connectivity index (χ0v) is 17.7. The summed E-state index contributed by atoms with van der Waals surface area (Å²) in [6, 6.07) is 13.0. The number of rotatable bonds is 6. The fourth-order valence-electron chi connectivity index (χ4n) is 2.48. The van der Waals surface area contributed by atoms with Gasteiger partial charge in [0.1, 0.15) is 4.90 Å². The maximum absolute atomic E-state index is 12.5. The number of hydrogen-bond donors (Lipinski definition) is 2. The molecule has 0 fully saturated rings. The van der Waals surface area contributed by atoms with Crippen LogP contribution in [0.4, 0.5) is 0 Å². The molecule has 2 N–H and O–H groups in total. The highest BCUT2D eigenvalue weighted by atomic mass is 35.5. The molecule has 0 radical (unpaired) electrons. The van der Waals surface area contributed by atoms with Crippen molar-refractivity contribution in [3.05, 3.63) is 86.6 Å². The van der Waals surface area contributed by atoms with Crippen LogP contribution in [-0.4, -0.2) is 20.2 Å². The molecule has 0 aliphatic carbocycles.